The van der Waals surface area contributed by atoms with Gasteiger partial charge in [0.05, 0.1) is 17.2 Å². The molecule has 0 bridgehead atoms. The van der Waals surface area contributed by atoms with E-state index in [1.54, 1.807) is 6.07 Å². The van der Waals surface area contributed by atoms with Crippen LogP contribution in [0.2, 0.25) is 0 Å². The maximum absolute atomic E-state index is 13.7. The average Bonchev–Trinajstić information content (AvgIpc) is 2.88. The number of carbonyl (C=O) groups excluding carboxylic acids is 3. The van der Waals surface area contributed by atoms with Gasteiger partial charge < -0.3 is 15.4 Å². The molecule has 0 saturated heterocycles. The Kier molecular flexibility index (Phi) is 4.06. The Morgan fingerprint density at radius 2 is 1.89 bits per heavy atom. The molecule has 28 heavy (non-hydrogen) atoms. The van der Waals surface area contributed by atoms with Crippen molar-refractivity contribution < 1.29 is 23.5 Å². The summed E-state index contributed by atoms with van der Waals surface area (Å²) in [5.74, 6) is -0.849. The van der Waals surface area contributed by atoms with Crippen molar-refractivity contribution in [1.29, 1.82) is 0 Å². The Hall–Kier alpha value is -3.42. The molecule has 144 valence electrons. The van der Waals surface area contributed by atoms with Crippen molar-refractivity contribution in [3.63, 3.8) is 0 Å². The summed E-state index contributed by atoms with van der Waals surface area (Å²) in [7, 11) is 0. The second-order valence-corrected chi connectivity index (χ2v) is 7.44. The number of imide groups is 1. The molecule has 2 aliphatic rings. The zero-order chi connectivity index (χ0) is 20.1. The molecule has 2 heterocycles. The summed E-state index contributed by atoms with van der Waals surface area (Å²) in [6.45, 7) is 3.78. The van der Waals surface area contributed by atoms with Gasteiger partial charge in [0, 0.05) is 17.7 Å². The fourth-order valence-electron chi connectivity index (χ4n) is 3.53. The third-order valence-electron chi connectivity index (χ3n) is 4.73. The lowest BCUT2D eigenvalue weighted by Gasteiger charge is -2.37. The normalized spacial score (nSPS) is 19.2. The van der Waals surface area contributed by atoms with E-state index < -0.39 is 35.3 Å². The number of carbonyl (C=O) groups is 3. The summed E-state index contributed by atoms with van der Waals surface area (Å²) in [6, 6.07) is 7.71. The highest BCUT2D eigenvalue weighted by Gasteiger charge is 2.35. The molecular weight excluding hydrogens is 365 g/mol. The number of halogens is 1. The number of amides is 4. The number of fused-ring (bicyclic) bond motifs is 2. The second-order valence-electron chi connectivity index (χ2n) is 7.44. The molecule has 3 N–H and O–H groups in total. The van der Waals surface area contributed by atoms with E-state index in [-0.39, 0.29) is 11.1 Å². The summed E-state index contributed by atoms with van der Waals surface area (Å²) in [5.41, 5.74) is 0.878. The molecule has 0 spiro atoms. The molecule has 2 aromatic rings. The van der Waals surface area contributed by atoms with Crippen LogP contribution in [-0.2, 0) is 0 Å². The number of rotatable bonds is 2. The zero-order valence-electron chi connectivity index (χ0n) is 15.3. The van der Waals surface area contributed by atoms with Crippen LogP contribution >= 0.6 is 0 Å². The van der Waals surface area contributed by atoms with Crippen LogP contribution in [0.3, 0.4) is 0 Å². The molecular formula is C20H18FN3O4. The van der Waals surface area contributed by atoms with E-state index in [2.05, 4.69) is 16.0 Å². The van der Waals surface area contributed by atoms with Gasteiger partial charge in [0.15, 0.2) is 0 Å². The van der Waals surface area contributed by atoms with Crippen LogP contribution in [0.5, 0.6) is 5.75 Å². The number of anilines is 1. The molecule has 4 rings (SSSR count). The molecule has 2 aliphatic heterocycles. The van der Waals surface area contributed by atoms with Crippen LogP contribution in [-0.4, -0.2) is 23.4 Å². The van der Waals surface area contributed by atoms with E-state index in [1.807, 2.05) is 13.8 Å². The molecule has 1 atom stereocenters. The first kappa shape index (κ1) is 18.0. The molecule has 0 fully saturated rings. The lowest BCUT2D eigenvalue weighted by molar-refractivity contribution is 0.0679. The van der Waals surface area contributed by atoms with Crippen molar-refractivity contribution in [2.45, 2.75) is 31.9 Å². The minimum atomic E-state index is -0.533. The summed E-state index contributed by atoms with van der Waals surface area (Å²) < 4.78 is 19.6. The largest absolute Gasteiger partial charge is 0.487 e. The molecule has 1 unspecified atom stereocenters. The summed E-state index contributed by atoms with van der Waals surface area (Å²) in [4.78, 5) is 35.9. The first-order valence-corrected chi connectivity index (χ1v) is 8.77. The Morgan fingerprint density at radius 1 is 1.14 bits per heavy atom. The Bertz CT molecular complexity index is 1020. The predicted octanol–water partition coefficient (Wildman–Crippen LogP) is 3.13. The van der Waals surface area contributed by atoms with Crippen molar-refractivity contribution in [3.8, 4) is 5.75 Å². The molecule has 7 nitrogen and oxygen atoms in total. The van der Waals surface area contributed by atoms with Crippen molar-refractivity contribution in [2.24, 2.45) is 0 Å². The number of urea groups is 1. The summed E-state index contributed by atoms with van der Waals surface area (Å²) in [6.07, 6.45) is 0.456. The van der Waals surface area contributed by atoms with Gasteiger partial charge in [0.1, 0.15) is 17.2 Å². The van der Waals surface area contributed by atoms with Gasteiger partial charge >= 0.3 is 6.03 Å². The molecule has 4 amide bonds. The second kappa shape index (κ2) is 6.33. The SMILES string of the molecule is CC1(C)CC(NC(=O)Nc2ccc3c(c2)C(=O)NC3=O)c2cc(F)ccc2O1. The van der Waals surface area contributed by atoms with Crippen LogP contribution in [0.15, 0.2) is 36.4 Å². The third-order valence-corrected chi connectivity index (χ3v) is 4.73. The molecule has 8 heteroatoms. The van der Waals surface area contributed by atoms with Crippen LogP contribution in [0.4, 0.5) is 14.9 Å². The van der Waals surface area contributed by atoms with E-state index in [9.17, 15) is 18.8 Å². The minimum Gasteiger partial charge on any atom is -0.487 e. The van der Waals surface area contributed by atoms with Gasteiger partial charge in [-0.3, -0.25) is 14.9 Å². The molecule has 2 aromatic carbocycles. The monoisotopic (exact) mass is 383 g/mol. The quantitative estimate of drug-likeness (QED) is 0.694. The van der Waals surface area contributed by atoms with E-state index in [0.29, 0.717) is 23.4 Å². The van der Waals surface area contributed by atoms with Crippen molar-refractivity contribution in [1.82, 2.24) is 10.6 Å². The van der Waals surface area contributed by atoms with Crippen molar-refractivity contribution >= 4 is 23.5 Å². The van der Waals surface area contributed by atoms with Gasteiger partial charge in [-0.05, 0) is 50.2 Å². The lowest BCUT2D eigenvalue weighted by Crippen LogP contribution is -2.42. The fourth-order valence-corrected chi connectivity index (χ4v) is 3.53. The maximum atomic E-state index is 13.7. The predicted molar refractivity (Wildman–Crippen MR) is 98.9 cm³/mol. The van der Waals surface area contributed by atoms with Gasteiger partial charge in [-0.15, -0.1) is 0 Å². The highest BCUT2D eigenvalue weighted by Crippen LogP contribution is 2.39. The van der Waals surface area contributed by atoms with E-state index in [4.69, 9.17) is 4.74 Å². The number of benzene rings is 2. The van der Waals surface area contributed by atoms with Gasteiger partial charge in [0.2, 0.25) is 0 Å². The van der Waals surface area contributed by atoms with Crippen LogP contribution in [0, 0.1) is 5.82 Å². The first-order valence-electron chi connectivity index (χ1n) is 8.77. The Labute approximate surface area is 160 Å². The molecule has 0 aliphatic carbocycles. The minimum absolute atomic E-state index is 0.211. The van der Waals surface area contributed by atoms with E-state index in [0.717, 1.165) is 0 Å². The highest BCUT2D eigenvalue weighted by molar-refractivity contribution is 6.22. The number of hydrogen-bond donors (Lipinski definition) is 3. The zero-order valence-corrected chi connectivity index (χ0v) is 15.3. The van der Waals surface area contributed by atoms with Gasteiger partial charge in [-0.2, -0.15) is 0 Å². The molecule has 0 aromatic heterocycles. The topological polar surface area (TPSA) is 96.5 Å². The summed E-state index contributed by atoms with van der Waals surface area (Å²) >= 11 is 0. The lowest BCUT2D eigenvalue weighted by atomic mass is 9.89. The number of nitrogens with one attached hydrogen (secondary N) is 3. The van der Waals surface area contributed by atoms with Crippen LogP contribution < -0.4 is 20.7 Å². The van der Waals surface area contributed by atoms with E-state index in [1.165, 1.54) is 30.3 Å². The number of ether oxygens (including phenoxy) is 1. The van der Waals surface area contributed by atoms with E-state index >= 15 is 0 Å². The highest BCUT2D eigenvalue weighted by atomic mass is 19.1. The summed E-state index contributed by atoms with van der Waals surface area (Å²) in [5, 5.41) is 7.68. The van der Waals surface area contributed by atoms with Crippen LogP contribution in [0.25, 0.3) is 0 Å². The maximum Gasteiger partial charge on any atom is 0.319 e. The van der Waals surface area contributed by atoms with Gasteiger partial charge in [0.25, 0.3) is 11.8 Å². The number of hydrogen-bond acceptors (Lipinski definition) is 4. The van der Waals surface area contributed by atoms with Crippen molar-refractivity contribution in [3.05, 3.63) is 58.9 Å². The Balaban J connectivity index is 1.53. The fraction of sp³-hybridized carbons (Fsp3) is 0.250. The first-order chi connectivity index (χ1) is 13.2. The Morgan fingerprint density at radius 3 is 2.68 bits per heavy atom. The van der Waals surface area contributed by atoms with Crippen LogP contribution in [0.1, 0.15) is 52.6 Å². The van der Waals surface area contributed by atoms with Crippen molar-refractivity contribution in [2.75, 3.05) is 5.32 Å². The third kappa shape index (κ3) is 3.28. The smallest absolute Gasteiger partial charge is 0.319 e. The standard InChI is InChI=1S/C20H18FN3O4/c1-20(2)9-15(14-7-10(21)3-6-16(14)28-20)23-19(27)22-11-4-5-12-13(8-11)18(26)24-17(12)25/h3-8,15H,9H2,1-2H3,(H2,22,23,27)(H,24,25,26). The average molecular weight is 383 g/mol. The molecule has 0 saturated carbocycles. The van der Waals surface area contributed by atoms with Gasteiger partial charge in [-0.1, -0.05) is 0 Å². The molecule has 0 radical (unpaired) electrons. The van der Waals surface area contributed by atoms with Gasteiger partial charge in [-0.25, -0.2) is 9.18 Å².